The molecule has 0 saturated carbocycles. The Kier molecular flexibility index (Phi) is 4.85. The van der Waals surface area contributed by atoms with Crippen LogP contribution in [-0.4, -0.2) is 32.0 Å². The molecule has 0 amide bonds. The van der Waals surface area contributed by atoms with E-state index in [2.05, 4.69) is 13.8 Å². The van der Waals surface area contributed by atoms with Gasteiger partial charge in [0.25, 0.3) is 0 Å². The average molecular weight is 201 g/mol. The summed E-state index contributed by atoms with van der Waals surface area (Å²) < 4.78 is 11.2. The van der Waals surface area contributed by atoms with Gasteiger partial charge >= 0.3 is 0 Å². The summed E-state index contributed by atoms with van der Waals surface area (Å²) >= 11 is 0. The quantitative estimate of drug-likeness (QED) is 0.734. The molecule has 1 saturated heterocycles. The summed E-state index contributed by atoms with van der Waals surface area (Å²) in [5.41, 5.74) is 5.68. The fourth-order valence-electron chi connectivity index (χ4n) is 1.66. The summed E-state index contributed by atoms with van der Waals surface area (Å²) in [6.07, 6.45) is 3.01. The smallest absolute Gasteiger partial charge is 0.0847 e. The number of nitrogens with two attached hydrogens (primary N) is 1. The standard InChI is InChI=1S/C11H23NO2/c1-10(2)3-6-14-11(9-12)4-7-13-8-5-11/h10H,3-9,12H2,1-2H3. The van der Waals surface area contributed by atoms with Gasteiger partial charge in [0.15, 0.2) is 0 Å². The van der Waals surface area contributed by atoms with Crippen molar-refractivity contribution in [3.05, 3.63) is 0 Å². The van der Waals surface area contributed by atoms with E-state index in [1.807, 2.05) is 0 Å². The van der Waals surface area contributed by atoms with Crippen molar-refractivity contribution in [2.24, 2.45) is 11.7 Å². The van der Waals surface area contributed by atoms with Gasteiger partial charge in [0, 0.05) is 39.2 Å². The van der Waals surface area contributed by atoms with Crippen molar-refractivity contribution >= 4 is 0 Å². The lowest BCUT2D eigenvalue weighted by Crippen LogP contribution is -2.45. The van der Waals surface area contributed by atoms with Crippen LogP contribution in [0.1, 0.15) is 33.1 Å². The van der Waals surface area contributed by atoms with Gasteiger partial charge in [0.1, 0.15) is 0 Å². The summed E-state index contributed by atoms with van der Waals surface area (Å²) in [4.78, 5) is 0. The molecule has 0 bridgehead atoms. The van der Waals surface area contributed by atoms with Crippen LogP contribution in [0.25, 0.3) is 0 Å². The first-order valence-electron chi connectivity index (χ1n) is 5.60. The molecule has 1 fully saturated rings. The zero-order valence-electron chi connectivity index (χ0n) is 9.42. The number of hydrogen-bond acceptors (Lipinski definition) is 3. The van der Waals surface area contributed by atoms with E-state index in [4.69, 9.17) is 15.2 Å². The third-order valence-corrected chi connectivity index (χ3v) is 2.88. The summed E-state index contributed by atoms with van der Waals surface area (Å²) in [6.45, 7) is 7.45. The maximum atomic E-state index is 5.93. The van der Waals surface area contributed by atoms with Gasteiger partial charge in [-0.05, 0) is 12.3 Å². The van der Waals surface area contributed by atoms with Crippen LogP contribution in [0.2, 0.25) is 0 Å². The van der Waals surface area contributed by atoms with E-state index in [0.717, 1.165) is 39.1 Å². The molecule has 0 spiro atoms. The summed E-state index contributed by atoms with van der Waals surface area (Å²) in [5, 5.41) is 0. The van der Waals surface area contributed by atoms with Crippen LogP contribution in [0.5, 0.6) is 0 Å². The van der Waals surface area contributed by atoms with Gasteiger partial charge in [-0.2, -0.15) is 0 Å². The van der Waals surface area contributed by atoms with Crippen molar-refractivity contribution in [1.82, 2.24) is 0 Å². The predicted molar refractivity (Wildman–Crippen MR) is 57.2 cm³/mol. The van der Waals surface area contributed by atoms with Crippen LogP contribution in [0.3, 0.4) is 0 Å². The minimum absolute atomic E-state index is 0.0901. The molecule has 0 aromatic carbocycles. The van der Waals surface area contributed by atoms with Gasteiger partial charge in [0.05, 0.1) is 5.60 Å². The highest BCUT2D eigenvalue weighted by Gasteiger charge is 2.31. The summed E-state index contributed by atoms with van der Waals surface area (Å²) in [5.74, 6) is 0.699. The molecule has 0 atom stereocenters. The van der Waals surface area contributed by atoms with E-state index in [-0.39, 0.29) is 5.60 Å². The maximum Gasteiger partial charge on any atom is 0.0847 e. The van der Waals surface area contributed by atoms with Gasteiger partial charge in [-0.3, -0.25) is 0 Å². The molecule has 3 nitrogen and oxygen atoms in total. The second-order valence-corrected chi connectivity index (χ2v) is 4.53. The van der Waals surface area contributed by atoms with Crippen molar-refractivity contribution in [2.75, 3.05) is 26.4 Å². The first kappa shape index (κ1) is 12.0. The highest BCUT2D eigenvalue weighted by molar-refractivity contribution is 4.84. The van der Waals surface area contributed by atoms with Crippen LogP contribution in [0.4, 0.5) is 0 Å². The lowest BCUT2D eigenvalue weighted by molar-refractivity contribution is -0.106. The lowest BCUT2D eigenvalue weighted by Gasteiger charge is -2.36. The topological polar surface area (TPSA) is 44.5 Å². The van der Waals surface area contributed by atoms with Gasteiger partial charge < -0.3 is 15.2 Å². The zero-order chi connectivity index (χ0) is 10.4. The van der Waals surface area contributed by atoms with Crippen molar-refractivity contribution in [3.8, 4) is 0 Å². The number of ether oxygens (including phenoxy) is 2. The largest absolute Gasteiger partial charge is 0.381 e. The van der Waals surface area contributed by atoms with Crippen molar-refractivity contribution in [2.45, 2.75) is 38.7 Å². The Morgan fingerprint density at radius 2 is 2.00 bits per heavy atom. The minimum atomic E-state index is -0.0901. The minimum Gasteiger partial charge on any atom is -0.381 e. The van der Waals surface area contributed by atoms with Crippen molar-refractivity contribution in [3.63, 3.8) is 0 Å². The molecule has 1 aliphatic rings. The van der Waals surface area contributed by atoms with E-state index in [0.29, 0.717) is 12.5 Å². The Labute approximate surface area is 86.9 Å². The van der Waals surface area contributed by atoms with Crippen LogP contribution in [0.15, 0.2) is 0 Å². The van der Waals surface area contributed by atoms with Crippen LogP contribution < -0.4 is 5.73 Å². The Bertz CT molecular complexity index is 153. The van der Waals surface area contributed by atoms with Crippen LogP contribution in [0, 0.1) is 5.92 Å². The average Bonchev–Trinajstić information content (AvgIpc) is 2.19. The lowest BCUT2D eigenvalue weighted by atomic mass is 9.94. The second kappa shape index (κ2) is 5.69. The molecule has 1 rings (SSSR count). The molecule has 0 radical (unpaired) electrons. The van der Waals surface area contributed by atoms with Gasteiger partial charge in [0.2, 0.25) is 0 Å². The molecule has 0 aromatic rings. The zero-order valence-corrected chi connectivity index (χ0v) is 9.42. The van der Waals surface area contributed by atoms with Gasteiger partial charge in [-0.25, -0.2) is 0 Å². The van der Waals surface area contributed by atoms with Crippen molar-refractivity contribution < 1.29 is 9.47 Å². The number of rotatable bonds is 5. The molecule has 2 N–H and O–H groups in total. The van der Waals surface area contributed by atoms with E-state index in [9.17, 15) is 0 Å². The predicted octanol–water partition coefficient (Wildman–Crippen LogP) is 1.56. The molecule has 0 unspecified atom stereocenters. The summed E-state index contributed by atoms with van der Waals surface area (Å²) in [7, 11) is 0. The molecule has 0 aromatic heterocycles. The SMILES string of the molecule is CC(C)CCOC1(CN)CCOCC1. The molecule has 14 heavy (non-hydrogen) atoms. The summed E-state index contributed by atoms with van der Waals surface area (Å²) in [6, 6.07) is 0. The molecule has 84 valence electrons. The Morgan fingerprint density at radius 1 is 1.36 bits per heavy atom. The van der Waals surface area contributed by atoms with E-state index >= 15 is 0 Å². The molecular weight excluding hydrogens is 178 g/mol. The first-order valence-corrected chi connectivity index (χ1v) is 5.60. The van der Waals surface area contributed by atoms with E-state index < -0.39 is 0 Å². The number of hydrogen-bond donors (Lipinski definition) is 1. The molecular formula is C11H23NO2. The van der Waals surface area contributed by atoms with E-state index in [1.165, 1.54) is 0 Å². The van der Waals surface area contributed by atoms with Gasteiger partial charge in [-0.1, -0.05) is 13.8 Å². The molecule has 3 heteroatoms. The third kappa shape index (κ3) is 3.56. The molecule has 1 heterocycles. The Balaban J connectivity index is 2.29. The van der Waals surface area contributed by atoms with Gasteiger partial charge in [-0.15, -0.1) is 0 Å². The third-order valence-electron chi connectivity index (χ3n) is 2.88. The fourth-order valence-corrected chi connectivity index (χ4v) is 1.66. The normalized spacial score (nSPS) is 21.4. The van der Waals surface area contributed by atoms with E-state index in [1.54, 1.807) is 0 Å². The highest BCUT2D eigenvalue weighted by Crippen LogP contribution is 2.24. The van der Waals surface area contributed by atoms with Crippen molar-refractivity contribution in [1.29, 1.82) is 0 Å². The Hall–Kier alpha value is -0.120. The second-order valence-electron chi connectivity index (χ2n) is 4.53. The van der Waals surface area contributed by atoms with Crippen LogP contribution in [-0.2, 0) is 9.47 Å². The monoisotopic (exact) mass is 201 g/mol. The molecule has 1 aliphatic heterocycles. The first-order chi connectivity index (χ1) is 6.68. The fraction of sp³-hybridized carbons (Fsp3) is 1.00. The molecule has 0 aliphatic carbocycles. The van der Waals surface area contributed by atoms with Crippen LogP contribution >= 0.6 is 0 Å². The maximum absolute atomic E-state index is 5.93. The highest BCUT2D eigenvalue weighted by atomic mass is 16.5. The Morgan fingerprint density at radius 3 is 2.50 bits per heavy atom.